The van der Waals surface area contributed by atoms with Gasteiger partial charge in [-0.05, 0) is 35.9 Å². The van der Waals surface area contributed by atoms with Crippen molar-refractivity contribution in [3.8, 4) is 0 Å². The van der Waals surface area contributed by atoms with E-state index in [1.165, 1.54) is 0 Å². The van der Waals surface area contributed by atoms with Gasteiger partial charge in [-0.25, -0.2) is 4.79 Å². The molecule has 0 aromatic heterocycles. The van der Waals surface area contributed by atoms with Crippen LogP contribution in [0.1, 0.15) is 22.3 Å². The van der Waals surface area contributed by atoms with Gasteiger partial charge in [-0.3, -0.25) is 0 Å². The third-order valence-corrected chi connectivity index (χ3v) is 2.59. The second kappa shape index (κ2) is 5.98. The molecule has 0 aliphatic rings. The van der Waals surface area contributed by atoms with Gasteiger partial charge in [0, 0.05) is 4.47 Å². The lowest BCUT2D eigenvalue weighted by Crippen LogP contribution is -1.99. The number of aromatic carboxylic acids is 1. The maximum Gasteiger partial charge on any atom is 0.336 e. The van der Waals surface area contributed by atoms with E-state index in [4.69, 9.17) is 5.11 Å². The Kier molecular flexibility index (Phi) is 4.91. The van der Waals surface area contributed by atoms with Gasteiger partial charge in [-0.2, -0.15) is 12.6 Å². The Labute approximate surface area is 103 Å². The predicted octanol–water partition coefficient (Wildman–Crippen LogP) is 3.48. The van der Waals surface area contributed by atoms with Crippen LogP contribution in [0, 0.1) is 0 Å². The fourth-order valence-corrected chi connectivity index (χ4v) is 1.68. The number of allylic oxidation sites excluding steroid dienone is 1. The molecule has 80 valence electrons. The van der Waals surface area contributed by atoms with E-state index in [0.29, 0.717) is 11.1 Å². The van der Waals surface area contributed by atoms with Crippen LogP contribution in [0.15, 0.2) is 28.7 Å². The molecule has 0 fully saturated rings. The Morgan fingerprint density at radius 1 is 1.53 bits per heavy atom. The van der Waals surface area contributed by atoms with Crippen molar-refractivity contribution in [2.75, 3.05) is 5.75 Å². The molecule has 0 saturated carbocycles. The van der Waals surface area contributed by atoms with Crippen molar-refractivity contribution >= 4 is 40.6 Å². The average Bonchev–Trinajstić information content (AvgIpc) is 2.18. The Hall–Kier alpha value is -0.740. The monoisotopic (exact) mass is 286 g/mol. The molecule has 0 spiro atoms. The van der Waals surface area contributed by atoms with Gasteiger partial charge in [0.2, 0.25) is 0 Å². The number of benzene rings is 1. The van der Waals surface area contributed by atoms with Gasteiger partial charge in [0.15, 0.2) is 0 Å². The highest BCUT2D eigenvalue weighted by atomic mass is 79.9. The number of carboxylic acids is 1. The van der Waals surface area contributed by atoms with Crippen LogP contribution in [0.2, 0.25) is 0 Å². The number of halogens is 1. The first kappa shape index (κ1) is 12.3. The molecule has 1 N–H and O–H groups in total. The molecule has 0 aliphatic heterocycles. The van der Waals surface area contributed by atoms with Crippen LogP contribution in [0.3, 0.4) is 0 Å². The third kappa shape index (κ3) is 3.72. The van der Waals surface area contributed by atoms with Crippen LogP contribution in [0.4, 0.5) is 0 Å². The Morgan fingerprint density at radius 3 is 2.87 bits per heavy atom. The standard InChI is InChI=1S/C11H11BrO2S/c12-9-4-5-10(11(13)14)8(7-9)3-1-2-6-15/h1,3-5,7,15H,2,6H2,(H,13,14). The molecule has 4 heteroatoms. The van der Waals surface area contributed by atoms with Gasteiger partial charge in [0.1, 0.15) is 0 Å². The zero-order chi connectivity index (χ0) is 11.3. The van der Waals surface area contributed by atoms with Crippen molar-refractivity contribution in [2.45, 2.75) is 6.42 Å². The Bertz CT molecular complexity index is 388. The van der Waals surface area contributed by atoms with E-state index >= 15 is 0 Å². The van der Waals surface area contributed by atoms with Crippen LogP contribution >= 0.6 is 28.6 Å². The topological polar surface area (TPSA) is 37.3 Å². The highest BCUT2D eigenvalue weighted by molar-refractivity contribution is 9.10. The lowest BCUT2D eigenvalue weighted by Gasteiger charge is -2.01. The number of rotatable bonds is 4. The van der Waals surface area contributed by atoms with Gasteiger partial charge in [0.25, 0.3) is 0 Å². The van der Waals surface area contributed by atoms with Gasteiger partial charge < -0.3 is 5.11 Å². The van der Waals surface area contributed by atoms with Crippen molar-refractivity contribution in [1.29, 1.82) is 0 Å². The summed E-state index contributed by atoms with van der Waals surface area (Å²) in [5.74, 6) is -0.152. The quantitative estimate of drug-likeness (QED) is 0.832. The number of hydrogen-bond donors (Lipinski definition) is 2. The largest absolute Gasteiger partial charge is 0.478 e. The smallest absolute Gasteiger partial charge is 0.336 e. The van der Waals surface area contributed by atoms with E-state index in [-0.39, 0.29) is 0 Å². The lowest BCUT2D eigenvalue weighted by molar-refractivity contribution is 0.0696. The summed E-state index contributed by atoms with van der Waals surface area (Å²) in [6.07, 6.45) is 4.56. The summed E-state index contributed by atoms with van der Waals surface area (Å²) in [4.78, 5) is 10.9. The molecule has 0 unspecified atom stereocenters. The second-order valence-electron chi connectivity index (χ2n) is 2.95. The van der Waals surface area contributed by atoms with E-state index in [1.807, 2.05) is 12.2 Å². The van der Waals surface area contributed by atoms with Gasteiger partial charge in [-0.1, -0.05) is 28.1 Å². The first-order valence-electron chi connectivity index (χ1n) is 4.45. The van der Waals surface area contributed by atoms with Crippen LogP contribution in [-0.2, 0) is 0 Å². The summed E-state index contributed by atoms with van der Waals surface area (Å²) in [7, 11) is 0. The molecule has 0 heterocycles. The van der Waals surface area contributed by atoms with E-state index in [9.17, 15) is 4.79 Å². The molecular weight excluding hydrogens is 276 g/mol. The Balaban J connectivity index is 3.02. The highest BCUT2D eigenvalue weighted by Crippen LogP contribution is 2.18. The molecule has 0 aliphatic carbocycles. The Morgan fingerprint density at radius 2 is 2.27 bits per heavy atom. The summed E-state index contributed by atoms with van der Waals surface area (Å²) in [6, 6.07) is 5.10. The van der Waals surface area contributed by atoms with E-state index < -0.39 is 5.97 Å². The SMILES string of the molecule is O=C(O)c1ccc(Br)cc1C=CCCS. The van der Waals surface area contributed by atoms with E-state index in [0.717, 1.165) is 16.6 Å². The van der Waals surface area contributed by atoms with Crippen LogP contribution < -0.4 is 0 Å². The maximum atomic E-state index is 10.9. The van der Waals surface area contributed by atoms with Crippen LogP contribution in [0.5, 0.6) is 0 Å². The second-order valence-corrected chi connectivity index (χ2v) is 4.31. The van der Waals surface area contributed by atoms with Crippen molar-refractivity contribution in [3.63, 3.8) is 0 Å². The van der Waals surface area contributed by atoms with Crippen molar-refractivity contribution in [2.24, 2.45) is 0 Å². The van der Waals surface area contributed by atoms with Crippen molar-refractivity contribution < 1.29 is 9.90 Å². The lowest BCUT2D eigenvalue weighted by atomic mass is 10.1. The minimum absolute atomic E-state index is 0.314. The van der Waals surface area contributed by atoms with Gasteiger partial charge >= 0.3 is 5.97 Å². The molecule has 1 rings (SSSR count). The first-order valence-corrected chi connectivity index (χ1v) is 5.88. The molecule has 0 radical (unpaired) electrons. The molecule has 0 bridgehead atoms. The fraction of sp³-hybridized carbons (Fsp3) is 0.182. The number of carbonyl (C=O) groups is 1. The van der Waals surface area contributed by atoms with E-state index in [2.05, 4.69) is 28.6 Å². The zero-order valence-corrected chi connectivity index (χ0v) is 10.5. The third-order valence-electron chi connectivity index (χ3n) is 1.84. The summed E-state index contributed by atoms with van der Waals surface area (Å²) in [5.41, 5.74) is 1.02. The molecule has 0 saturated heterocycles. The zero-order valence-electron chi connectivity index (χ0n) is 7.98. The molecular formula is C11H11BrO2S. The number of carboxylic acid groups (broad SMARTS) is 1. The minimum atomic E-state index is -0.909. The summed E-state index contributed by atoms with van der Waals surface area (Å²) >= 11 is 7.39. The van der Waals surface area contributed by atoms with Crippen LogP contribution in [0.25, 0.3) is 6.08 Å². The summed E-state index contributed by atoms with van der Waals surface area (Å²) < 4.78 is 0.873. The molecule has 0 amide bonds. The predicted molar refractivity (Wildman–Crippen MR) is 68.6 cm³/mol. The first-order chi connectivity index (χ1) is 7.15. The molecule has 1 aromatic rings. The molecule has 0 atom stereocenters. The minimum Gasteiger partial charge on any atom is -0.478 e. The van der Waals surface area contributed by atoms with E-state index in [1.54, 1.807) is 18.2 Å². The molecule has 15 heavy (non-hydrogen) atoms. The van der Waals surface area contributed by atoms with Gasteiger partial charge in [0.05, 0.1) is 5.56 Å². The van der Waals surface area contributed by atoms with Crippen molar-refractivity contribution in [3.05, 3.63) is 39.9 Å². The molecule has 2 nitrogen and oxygen atoms in total. The van der Waals surface area contributed by atoms with Crippen LogP contribution in [-0.4, -0.2) is 16.8 Å². The average molecular weight is 287 g/mol. The summed E-state index contributed by atoms with van der Waals surface area (Å²) in [5, 5.41) is 8.95. The summed E-state index contributed by atoms with van der Waals surface area (Å²) in [6.45, 7) is 0. The normalized spacial score (nSPS) is 10.8. The number of hydrogen-bond acceptors (Lipinski definition) is 2. The van der Waals surface area contributed by atoms with Crippen molar-refractivity contribution in [1.82, 2.24) is 0 Å². The fourth-order valence-electron chi connectivity index (χ4n) is 1.15. The molecule has 1 aromatic carbocycles. The maximum absolute atomic E-state index is 10.9. The number of thiol groups is 1. The van der Waals surface area contributed by atoms with Gasteiger partial charge in [-0.15, -0.1) is 0 Å². The highest BCUT2D eigenvalue weighted by Gasteiger charge is 2.07.